The molecule has 3 amide bonds. The first-order chi connectivity index (χ1) is 13.0. The van der Waals surface area contributed by atoms with Crippen LogP contribution in [-0.2, 0) is 6.54 Å². The molecular weight excluding hydrogens is 415 g/mol. The topological polar surface area (TPSA) is 82.6 Å². The van der Waals surface area contributed by atoms with Gasteiger partial charge >= 0.3 is 0 Å². The molecule has 9 heteroatoms. The summed E-state index contributed by atoms with van der Waals surface area (Å²) in [5.74, 6) is -0.810. The lowest BCUT2D eigenvalue weighted by atomic mass is 10.0. The van der Waals surface area contributed by atoms with E-state index in [9.17, 15) is 14.4 Å². The van der Waals surface area contributed by atoms with Crippen LogP contribution in [0.4, 0.5) is 0 Å². The maximum absolute atomic E-state index is 12.8. The van der Waals surface area contributed by atoms with Crippen LogP contribution in [0.3, 0.4) is 0 Å². The standard InChI is InChI=1S/C20H20N4O3.2ClH/c1-13-11-23(9-8-22-13)18(25)15-2-3-16-17(10-15)20(27)24(19(16)26)12-14-4-6-21-7-5-14;;/h2-7,10,13,22H,8-9,11-12H2,1H3;2*1H. The largest absolute Gasteiger partial charge is 0.336 e. The van der Waals surface area contributed by atoms with Crippen LogP contribution >= 0.6 is 24.8 Å². The molecule has 0 radical (unpaired) electrons. The van der Waals surface area contributed by atoms with Crippen LogP contribution < -0.4 is 5.32 Å². The highest BCUT2D eigenvalue weighted by Gasteiger charge is 2.36. The zero-order valence-corrected chi connectivity index (χ0v) is 17.5. The van der Waals surface area contributed by atoms with Gasteiger partial charge < -0.3 is 10.2 Å². The monoisotopic (exact) mass is 436 g/mol. The van der Waals surface area contributed by atoms with Crippen LogP contribution in [0.1, 0.15) is 43.6 Å². The van der Waals surface area contributed by atoms with Crippen LogP contribution in [0, 0.1) is 0 Å². The summed E-state index contributed by atoms with van der Waals surface area (Å²) in [6, 6.07) is 8.54. The Balaban J connectivity index is 0.00000150. The van der Waals surface area contributed by atoms with Crippen molar-refractivity contribution in [3.63, 3.8) is 0 Å². The molecule has 2 aliphatic heterocycles. The lowest BCUT2D eigenvalue weighted by molar-refractivity contribution is 0.0641. The Bertz CT molecular complexity index is 923. The molecule has 2 aliphatic rings. The molecule has 1 fully saturated rings. The number of amides is 3. The number of nitrogens with zero attached hydrogens (tertiary/aromatic N) is 3. The molecule has 0 spiro atoms. The first-order valence-corrected chi connectivity index (χ1v) is 8.96. The van der Waals surface area contributed by atoms with Gasteiger partial charge in [-0.2, -0.15) is 0 Å². The van der Waals surface area contributed by atoms with Gasteiger partial charge in [0, 0.05) is 43.6 Å². The first kappa shape index (κ1) is 22.8. The van der Waals surface area contributed by atoms with Crippen LogP contribution in [-0.4, -0.2) is 58.2 Å². The highest BCUT2D eigenvalue weighted by molar-refractivity contribution is 6.22. The van der Waals surface area contributed by atoms with E-state index in [4.69, 9.17) is 0 Å². The minimum atomic E-state index is -0.366. The summed E-state index contributed by atoms with van der Waals surface area (Å²) in [6.07, 6.45) is 3.25. The molecule has 0 aliphatic carbocycles. The van der Waals surface area contributed by atoms with Crippen molar-refractivity contribution < 1.29 is 14.4 Å². The highest BCUT2D eigenvalue weighted by Crippen LogP contribution is 2.26. The maximum Gasteiger partial charge on any atom is 0.261 e. The number of fused-ring (bicyclic) bond motifs is 1. The van der Waals surface area contributed by atoms with Crippen molar-refractivity contribution in [1.29, 1.82) is 0 Å². The molecule has 1 aromatic carbocycles. The molecular formula is C20H22Cl2N4O3. The summed E-state index contributed by atoms with van der Waals surface area (Å²) >= 11 is 0. The molecule has 2 aromatic rings. The lowest BCUT2D eigenvalue weighted by Crippen LogP contribution is -2.51. The van der Waals surface area contributed by atoms with Crippen molar-refractivity contribution in [2.75, 3.05) is 19.6 Å². The number of carbonyl (C=O) groups is 3. The number of benzene rings is 1. The van der Waals surface area contributed by atoms with E-state index in [1.807, 2.05) is 6.92 Å². The highest BCUT2D eigenvalue weighted by atomic mass is 35.5. The second-order valence-corrected chi connectivity index (χ2v) is 6.92. The summed E-state index contributed by atoms with van der Waals surface area (Å²) in [5, 5.41) is 3.30. The average Bonchev–Trinajstić information content (AvgIpc) is 2.92. The Kier molecular flexibility index (Phi) is 7.35. The Morgan fingerprint density at radius 1 is 1.10 bits per heavy atom. The molecule has 1 atom stereocenters. The molecule has 4 rings (SSSR count). The number of piperazine rings is 1. The Labute approximate surface area is 181 Å². The fraction of sp³-hybridized carbons (Fsp3) is 0.300. The number of nitrogens with one attached hydrogen (secondary N) is 1. The Morgan fingerprint density at radius 2 is 1.79 bits per heavy atom. The van der Waals surface area contributed by atoms with Gasteiger partial charge in [0.25, 0.3) is 17.7 Å². The number of aromatic nitrogens is 1. The number of hydrogen-bond acceptors (Lipinski definition) is 5. The van der Waals surface area contributed by atoms with Gasteiger partial charge in [-0.15, -0.1) is 24.8 Å². The summed E-state index contributed by atoms with van der Waals surface area (Å²) < 4.78 is 0. The summed E-state index contributed by atoms with van der Waals surface area (Å²) in [7, 11) is 0. The summed E-state index contributed by atoms with van der Waals surface area (Å²) in [4.78, 5) is 45.1. The van der Waals surface area contributed by atoms with E-state index in [1.165, 1.54) is 4.90 Å². The zero-order valence-electron chi connectivity index (χ0n) is 15.8. The fourth-order valence-corrected chi connectivity index (χ4v) is 3.54. The number of hydrogen-bond donors (Lipinski definition) is 1. The third-order valence-electron chi connectivity index (χ3n) is 4.96. The Morgan fingerprint density at radius 3 is 2.48 bits per heavy atom. The van der Waals surface area contributed by atoms with E-state index in [-0.39, 0.29) is 55.1 Å². The number of imide groups is 1. The lowest BCUT2D eigenvalue weighted by Gasteiger charge is -2.32. The number of pyridine rings is 1. The van der Waals surface area contributed by atoms with Crippen molar-refractivity contribution in [1.82, 2.24) is 20.1 Å². The summed E-state index contributed by atoms with van der Waals surface area (Å²) in [6.45, 7) is 4.21. The summed E-state index contributed by atoms with van der Waals surface area (Å²) in [5.41, 5.74) is 1.91. The van der Waals surface area contributed by atoms with E-state index in [2.05, 4.69) is 10.3 Å². The minimum absolute atomic E-state index is 0. The maximum atomic E-state index is 12.8. The van der Waals surface area contributed by atoms with Crippen LogP contribution in [0.15, 0.2) is 42.7 Å². The van der Waals surface area contributed by atoms with Crippen molar-refractivity contribution in [2.24, 2.45) is 0 Å². The second kappa shape index (κ2) is 9.35. The molecule has 1 N–H and O–H groups in total. The molecule has 0 saturated carbocycles. The van der Waals surface area contributed by atoms with Gasteiger partial charge in [0.2, 0.25) is 0 Å². The van der Waals surface area contributed by atoms with Crippen LogP contribution in [0.2, 0.25) is 0 Å². The third kappa shape index (κ3) is 4.42. The molecule has 1 aromatic heterocycles. The van der Waals surface area contributed by atoms with Crippen molar-refractivity contribution in [2.45, 2.75) is 19.5 Å². The molecule has 1 saturated heterocycles. The van der Waals surface area contributed by atoms with Crippen molar-refractivity contribution in [3.8, 4) is 0 Å². The molecule has 1 unspecified atom stereocenters. The Hall–Kier alpha value is -2.48. The smallest absolute Gasteiger partial charge is 0.261 e. The van der Waals surface area contributed by atoms with E-state index >= 15 is 0 Å². The molecule has 154 valence electrons. The average molecular weight is 437 g/mol. The molecule has 7 nitrogen and oxygen atoms in total. The van der Waals surface area contributed by atoms with Gasteiger partial charge in [-0.3, -0.25) is 24.3 Å². The van der Waals surface area contributed by atoms with Gasteiger partial charge in [-0.05, 0) is 42.8 Å². The van der Waals surface area contributed by atoms with Crippen LogP contribution in [0.5, 0.6) is 0 Å². The quantitative estimate of drug-likeness (QED) is 0.745. The number of carbonyl (C=O) groups excluding carboxylic acids is 3. The molecule has 0 bridgehead atoms. The van der Waals surface area contributed by atoms with E-state index in [0.29, 0.717) is 29.8 Å². The van der Waals surface area contributed by atoms with Gasteiger partial charge in [-0.1, -0.05) is 0 Å². The van der Waals surface area contributed by atoms with Gasteiger partial charge in [-0.25, -0.2) is 0 Å². The predicted octanol–water partition coefficient (Wildman–Crippen LogP) is 2.16. The SMILES string of the molecule is CC1CN(C(=O)c2ccc3c(c2)C(=O)N(Cc2ccncc2)C3=O)CCN1.Cl.Cl. The number of rotatable bonds is 3. The second-order valence-electron chi connectivity index (χ2n) is 6.92. The van der Waals surface area contributed by atoms with Crippen molar-refractivity contribution in [3.05, 3.63) is 65.0 Å². The van der Waals surface area contributed by atoms with Gasteiger partial charge in [0.1, 0.15) is 0 Å². The first-order valence-electron chi connectivity index (χ1n) is 8.96. The molecule has 3 heterocycles. The van der Waals surface area contributed by atoms with E-state index in [0.717, 1.165) is 12.1 Å². The van der Waals surface area contributed by atoms with E-state index in [1.54, 1.807) is 47.6 Å². The normalized spacial score (nSPS) is 18.0. The number of halogens is 2. The van der Waals surface area contributed by atoms with Gasteiger partial charge in [0.15, 0.2) is 0 Å². The fourth-order valence-electron chi connectivity index (χ4n) is 3.54. The van der Waals surface area contributed by atoms with Crippen LogP contribution in [0.25, 0.3) is 0 Å². The predicted molar refractivity (Wildman–Crippen MR) is 113 cm³/mol. The third-order valence-corrected chi connectivity index (χ3v) is 4.96. The minimum Gasteiger partial charge on any atom is -0.336 e. The zero-order chi connectivity index (χ0) is 19.0. The van der Waals surface area contributed by atoms with E-state index < -0.39 is 0 Å². The van der Waals surface area contributed by atoms with Crippen molar-refractivity contribution >= 4 is 42.5 Å². The van der Waals surface area contributed by atoms with Gasteiger partial charge in [0.05, 0.1) is 17.7 Å². The molecule has 29 heavy (non-hydrogen) atoms.